The highest BCUT2D eigenvalue weighted by Gasteiger charge is 2.15. The number of nitrogens with one attached hydrogen (secondary N) is 2. The van der Waals surface area contributed by atoms with Crippen molar-refractivity contribution in [2.75, 3.05) is 12.4 Å². The minimum Gasteiger partial charge on any atom is -0.495 e. The van der Waals surface area contributed by atoms with Crippen LogP contribution in [0.2, 0.25) is 10.0 Å². The van der Waals surface area contributed by atoms with Crippen molar-refractivity contribution < 1.29 is 23.9 Å². The number of para-hydroxylation sites is 2. The lowest BCUT2D eigenvalue weighted by atomic mass is 10.2. The van der Waals surface area contributed by atoms with E-state index in [1.807, 2.05) is 0 Å². The standard InChI is InChI=1S/C23H17Cl2N3O5/c1-32-20-5-3-2-4-19(20)27-21(29)22(30)28-26-13-14-6-9-16(10-7-14)33-23(31)17-11-8-15(24)12-18(17)25/h2-13H,1H3,(H,27,29)(H,28,30)/b26-13-. The molecule has 0 aliphatic rings. The molecular weight excluding hydrogens is 469 g/mol. The zero-order valence-corrected chi connectivity index (χ0v) is 18.7. The summed E-state index contributed by atoms with van der Waals surface area (Å²) in [6.45, 7) is 0. The van der Waals surface area contributed by atoms with Gasteiger partial charge >= 0.3 is 17.8 Å². The van der Waals surface area contributed by atoms with Gasteiger partial charge in [-0.3, -0.25) is 9.59 Å². The van der Waals surface area contributed by atoms with Gasteiger partial charge in [-0.15, -0.1) is 0 Å². The molecule has 0 aromatic heterocycles. The Bertz CT molecular complexity index is 1210. The molecular formula is C23H17Cl2N3O5. The first-order valence-electron chi connectivity index (χ1n) is 9.42. The lowest BCUT2D eigenvalue weighted by Crippen LogP contribution is -2.32. The van der Waals surface area contributed by atoms with Crippen molar-refractivity contribution in [2.45, 2.75) is 0 Å². The van der Waals surface area contributed by atoms with Gasteiger partial charge in [0.05, 0.1) is 29.6 Å². The first kappa shape index (κ1) is 23.8. The van der Waals surface area contributed by atoms with Crippen LogP contribution in [0.1, 0.15) is 15.9 Å². The summed E-state index contributed by atoms with van der Waals surface area (Å²) < 4.78 is 10.4. The van der Waals surface area contributed by atoms with Crippen molar-refractivity contribution in [1.29, 1.82) is 0 Å². The van der Waals surface area contributed by atoms with Crippen molar-refractivity contribution in [3.8, 4) is 11.5 Å². The van der Waals surface area contributed by atoms with Crippen molar-refractivity contribution in [3.63, 3.8) is 0 Å². The van der Waals surface area contributed by atoms with E-state index >= 15 is 0 Å². The lowest BCUT2D eigenvalue weighted by Gasteiger charge is -2.08. The summed E-state index contributed by atoms with van der Waals surface area (Å²) in [6, 6.07) is 17.4. The summed E-state index contributed by atoms with van der Waals surface area (Å²) in [4.78, 5) is 36.2. The predicted molar refractivity (Wildman–Crippen MR) is 125 cm³/mol. The van der Waals surface area contributed by atoms with Crippen molar-refractivity contribution in [1.82, 2.24) is 5.43 Å². The molecule has 2 amide bonds. The molecule has 3 rings (SSSR count). The van der Waals surface area contributed by atoms with E-state index in [0.29, 0.717) is 22.0 Å². The topological polar surface area (TPSA) is 106 Å². The number of rotatable bonds is 6. The van der Waals surface area contributed by atoms with E-state index in [9.17, 15) is 14.4 Å². The third-order valence-electron chi connectivity index (χ3n) is 4.18. The smallest absolute Gasteiger partial charge is 0.345 e. The molecule has 10 heteroatoms. The Kier molecular flexibility index (Phi) is 8.01. The first-order chi connectivity index (χ1) is 15.9. The largest absolute Gasteiger partial charge is 0.495 e. The average molecular weight is 486 g/mol. The Hall–Kier alpha value is -3.88. The number of hydrazone groups is 1. The number of carbonyl (C=O) groups is 3. The molecule has 0 fully saturated rings. The van der Waals surface area contributed by atoms with Gasteiger partial charge in [0.15, 0.2) is 0 Å². The highest BCUT2D eigenvalue weighted by Crippen LogP contribution is 2.23. The van der Waals surface area contributed by atoms with Crippen molar-refractivity contribution >= 4 is 52.9 Å². The summed E-state index contributed by atoms with van der Waals surface area (Å²) in [5, 5.41) is 6.78. The highest BCUT2D eigenvalue weighted by atomic mass is 35.5. The maximum atomic E-state index is 12.2. The van der Waals surface area contributed by atoms with Crippen LogP contribution in [0.15, 0.2) is 71.8 Å². The van der Waals surface area contributed by atoms with Gasteiger partial charge in [0.2, 0.25) is 0 Å². The Labute approximate surface area is 199 Å². The van der Waals surface area contributed by atoms with Gasteiger partial charge in [0.25, 0.3) is 0 Å². The summed E-state index contributed by atoms with van der Waals surface area (Å²) in [5.41, 5.74) is 3.26. The molecule has 33 heavy (non-hydrogen) atoms. The number of nitrogens with zero attached hydrogens (tertiary/aromatic N) is 1. The number of benzene rings is 3. The van der Waals surface area contributed by atoms with Crippen LogP contribution in [0.4, 0.5) is 5.69 Å². The van der Waals surface area contributed by atoms with Gasteiger partial charge in [0, 0.05) is 5.02 Å². The van der Waals surface area contributed by atoms with E-state index in [4.69, 9.17) is 32.7 Å². The maximum Gasteiger partial charge on any atom is 0.345 e. The number of halogens is 2. The fraction of sp³-hybridized carbons (Fsp3) is 0.0435. The van der Waals surface area contributed by atoms with E-state index in [1.165, 1.54) is 31.5 Å². The molecule has 0 unspecified atom stereocenters. The van der Waals surface area contributed by atoms with Crippen LogP contribution >= 0.6 is 23.2 Å². The number of amides is 2. The molecule has 0 spiro atoms. The Morgan fingerprint density at radius 3 is 2.36 bits per heavy atom. The molecule has 0 saturated carbocycles. The van der Waals surface area contributed by atoms with Gasteiger partial charge in [-0.1, -0.05) is 35.3 Å². The van der Waals surface area contributed by atoms with Crippen LogP contribution in [-0.4, -0.2) is 31.1 Å². The normalized spacial score (nSPS) is 10.5. The minimum atomic E-state index is -0.956. The van der Waals surface area contributed by atoms with Crippen molar-refractivity contribution in [2.24, 2.45) is 5.10 Å². The number of methoxy groups -OCH3 is 1. The SMILES string of the molecule is COc1ccccc1NC(=O)C(=O)N/N=C\c1ccc(OC(=O)c2ccc(Cl)cc2Cl)cc1. The molecule has 3 aromatic carbocycles. The Morgan fingerprint density at radius 2 is 1.67 bits per heavy atom. The molecule has 0 saturated heterocycles. The third kappa shape index (κ3) is 6.55. The van der Waals surface area contributed by atoms with Crippen LogP contribution < -0.4 is 20.2 Å². The fourth-order valence-electron chi connectivity index (χ4n) is 2.58. The zero-order chi connectivity index (χ0) is 23.8. The van der Waals surface area contributed by atoms with E-state index in [-0.39, 0.29) is 16.3 Å². The Morgan fingerprint density at radius 1 is 0.939 bits per heavy atom. The maximum absolute atomic E-state index is 12.2. The molecule has 0 bridgehead atoms. The molecule has 0 heterocycles. The van der Waals surface area contributed by atoms with Crippen LogP contribution in [-0.2, 0) is 9.59 Å². The second-order valence-electron chi connectivity index (χ2n) is 6.44. The third-order valence-corrected chi connectivity index (χ3v) is 4.73. The van der Waals surface area contributed by atoms with Crippen LogP contribution in [0.3, 0.4) is 0 Å². The summed E-state index contributed by atoms with van der Waals surface area (Å²) >= 11 is 11.8. The van der Waals surface area contributed by atoms with Gasteiger partial charge in [0.1, 0.15) is 11.5 Å². The predicted octanol–water partition coefficient (Wildman–Crippen LogP) is 4.31. The molecule has 3 aromatic rings. The second kappa shape index (κ2) is 11.1. The van der Waals surface area contributed by atoms with E-state index in [2.05, 4.69) is 15.8 Å². The molecule has 168 valence electrons. The average Bonchev–Trinajstić information content (AvgIpc) is 2.80. The number of hydrogen-bond donors (Lipinski definition) is 2. The van der Waals surface area contributed by atoms with Gasteiger partial charge in [-0.2, -0.15) is 5.10 Å². The number of carbonyl (C=O) groups excluding carboxylic acids is 3. The van der Waals surface area contributed by atoms with E-state index in [0.717, 1.165) is 0 Å². The number of hydrogen-bond acceptors (Lipinski definition) is 6. The molecule has 0 radical (unpaired) electrons. The van der Waals surface area contributed by atoms with Gasteiger partial charge in [-0.25, -0.2) is 10.2 Å². The van der Waals surface area contributed by atoms with Crippen LogP contribution in [0.25, 0.3) is 0 Å². The van der Waals surface area contributed by atoms with Gasteiger partial charge < -0.3 is 14.8 Å². The highest BCUT2D eigenvalue weighted by molar-refractivity contribution is 6.39. The number of anilines is 1. The first-order valence-corrected chi connectivity index (χ1v) is 10.2. The number of ether oxygens (including phenoxy) is 2. The molecule has 8 nitrogen and oxygen atoms in total. The summed E-state index contributed by atoms with van der Waals surface area (Å²) in [7, 11) is 1.45. The quantitative estimate of drug-likeness (QED) is 0.178. The van der Waals surface area contributed by atoms with E-state index < -0.39 is 17.8 Å². The fourth-order valence-corrected chi connectivity index (χ4v) is 3.07. The molecule has 0 aliphatic heterocycles. The number of esters is 1. The lowest BCUT2D eigenvalue weighted by molar-refractivity contribution is -0.136. The molecule has 2 N–H and O–H groups in total. The molecule has 0 aliphatic carbocycles. The summed E-state index contributed by atoms with van der Waals surface area (Å²) in [5.74, 6) is -1.79. The van der Waals surface area contributed by atoms with E-state index in [1.54, 1.807) is 48.5 Å². The van der Waals surface area contributed by atoms with Crippen LogP contribution in [0, 0.1) is 0 Å². The Balaban J connectivity index is 1.54. The van der Waals surface area contributed by atoms with Gasteiger partial charge in [-0.05, 0) is 60.2 Å². The zero-order valence-electron chi connectivity index (χ0n) is 17.2. The minimum absolute atomic E-state index is 0.181. The summed E-state index contributed by atoms with van der Waals surface area (Å²) in [6.07, 6.45) is 1.33. The molecule has 0 atom stereocenters. The van der Waals surface area contributed by atoms with Crippen LogP contribution in [0.5, 0.6) is 11.5 Å². The monoisotopic (exact) mass is 485 g/mol. The van der Waals surface area contributed by atoms with Crippen molar-refractivity contribution in [3.05, 3.63) is 87.9 Å². The second-order valence-corrected chi connectivity index (χ2v) is 7.28.